The lowest BCUT2D eigenvalue weighted by Gasteiger charge is -2.35. The first-order valence-corrected chi connectivity index (χ1v) is 9.56. The Kier molecular flexibility index (Phi) is 4.48. The average molecular weight is 418 g/mol. The summed E-state index contributed by atoms with van der Waals surface area (Å²) in [5, 5.41) is 12.7. The number of nitrogens with two attached hydrogens (primary N) is 2. The van der Waals surface area contributed by atoms with Crippen molar-refractivity contribution in [1.29, 1.82) is 0 Å². The minimum atomic E-state index is -0.712. The van der Waals surface area contributed by atoms with Crippen molar-refractivity contribution in [3.05, 3.63) is 52.0 Å². The zero-order valence-corrected chi connectivity index (χ0v) is 16.1. The highest BCUT2D eigenvalue weighted by Crippen LogP contribution is 2.39. The normalized spacial score (nSPS) is 17.2. The van der Waals surface area contributed by atoms with Gasteiger partial charge in [0.2, 0.25) is 0 Å². The highest BCUT2D eigenvalue weighted by atomic mass is 35.5. The minimum Gasteiger partial charge on any atom is -0.409 e. The topological polar surface area (TPSA) is 127 Å². The van der Waals surface area contributed by atoms with Gasteiger partial charge in [-0.15, -0.1) is 11.3 Å². The molecule has 4 rings (SSSR count). The van der Waals surface area contributed by atoms with E-state index in [0.29, 0.717) is 21.3 Å². The summed E-state index contributed by atoms with van der Waals surface area (Å²) in [5.74, 6) is -1.01. The molecule has 8 nitrogen and oxygen atoms in total. The predicted octanol–water partition coefficient (Wildman–Crippen LogP) is 2.33. The van der Waals surface area contributed by atoms with Crippen molar-refractivity contribution in [2.75, 3.05) is 11.4 Å². The van der Waals surface area contributed by atoms with Crippen LogP contribution in [0.2, 0.25) is 4.34 Å². The van der Waals surface area contributed by atoms with Crippen molar-refractivity contribution in [2.24, 2.45) is 16.6 Å². The quantitative estimate of drug-likeness (QED) is 0.260. The summed E-state index contributed by atoms with van der Waals surface area (Å²) < 4.78 is 2.19. The number of hydrogen-bond donors (Lipinski definition) is 3. The Morgan fingerprint density at radius 2 is 2.07 bits per heavy atom. The van der Waals surface area contributed by atoms with Gasteiger partial charge in [0.15, 0.2) is 5.84 Å². The third kappa shape index (κ3) is 2.88. The molecule has 144 valence electrons. The summed E-state index contributed by atoms with van der Waals surface area (Å²) in [7, 11) is 0. The number of oxime groups is 1. The maximum absolute atomic E-state index is 13.4. The lowest BCUT2D eigenvalue weighted by molar-refractivity contribution is -0.121. The fraction of sp³-hybridized carbons (Fsp3) is 0.167. The van der Waals surface area contributed by atoms with Crippen molar-refractivity contribution < 1.29 is 14.8 Å². The first-order valence-electron chi connectivity index (χ1n) is 8.36. The molecule has 3 aromatic rings. The number of aromatic nitrogens is 1. The first-order chi connectivity index (χ1) is 13.4. The Hall–Kier alpha value is -3.04. The van der Waals surface area contributed by atoms with Crippen LogP contribution >= 0.6 is 22.9 Å². The third-order valence-electron chi connectivity index (χ3n) is 4.74. The Balaban J connectivity index is 1.89. The molecule has 0 spiro atoms. The molecule has 0 aliphatic carbocycles. The molecule has 3 heterocycles. The van der Waals surface area contributed by atoms with Crippen molar-refractivity contribution in [3.8, 4) is 0 Å². The zero-order valence-electron chi connectivity index (χ0n) is 14.5. The van der Waals surface area contributed by atoms with E-state index in [1.54, 1.807) is 22.8 Å². The lowest BCUT2D eigenvalue weighted by Crippen LogP contribution is -2.46. The van der Waals surface area contributed by atoms with Gasteiger partial charge < -0.3 is 26.1 Å². The summed E-state index contributed by atoms with van der Waals surface area (Å²) >= 11 is 7.41. The number of amidine groups is 1. The highest BCUT2D eigenvalue weighted by Gasteiger charge is 2.37. The third-order valence-corrected chi connectivity index (χ3v) is 6.02. The van der Waals surface area contributed by atoms with E-state index in [2.05, 4.69) is 5.16 Å². The second-order valence-electron chi connectivity index (χ2n) is 6.44. The lowest BCUT2D eigenvalue weighted by atomic mass is 9.96. The van der Waals surface area contributed by atoms with Gasteiger partial charge in [-0.2, -0.15) is 0 Å². The van der Waals surface area contributed by atoms with Crippen LogP contribution in [0.15, 0.2) is 41.6 Å². The van der Waals surface area contributed by atoms with E-state index < -0.39 is 11.9 Å². The van der Waals surface area contributed by atoms with Gasteiger partial charge in [-0.05, 0) is 23.8 Å². The molecular weight excluding hydrogens is 402 g/mol. The second kappa shape index (κ2) is 6.84. The maximum Gasteiger partial charge on any atom is 0.265 e. The molecule has 1 aromatic carbocycles. The zero-order chi connectivity index (χ0) is 20.0. The van der Waals surface area contributed by atoms with Crippen molar-refractivity contribution in [2.45, 2.75) is 12.5 Å². The van der Waals surface area contributed by atoms with Crippen LogP contribution < -0.4 is 16.4 Å². The van der Waals surface area contributed by atoms with Crippen LogP contribution in [0.3, 0.4) is 0 Å². The fourth-order valence-electron chi connectivity index (χ4n) is 3.58. The summed E-state index contributed by atoms with van der Waals surface area (Å²) in [6.45, 7) is -0.0790. The van der Waals surface area contributed by atoms with Gasteiger partial charge >= 0.3 is 0 Å². The number of hydrogen-bond acceptors (Lipinski definition) is 5. The monoisotopic (exact) mass is 417 g/mol. The molecule has 1 unspecified atom stereocenters. The van der Waals surface area contributed by atoms with Crippen LogP contribution in [0, 0.1) is 0 Å². The minimum absolute atomic E-state index is 0.0790. The van der Waals surface area contributed by atoms with Gasteiger partial charge in [-0.3, -0.25) is 9.59 Å². The molecule has 28 heavy (non-hydrogen) atoms. The standard InChI is InChI=1S/C18H16ClN5O3S/c19-14-7-10-6-12(16(21)25)24(18(10)28-14)13-5-9-3-1-2-4-11(9)23(17(13)26)8-15(20)22-27/h1-4,6-7,13,27H,5,8H2,(H2,20,22)(H2,21,25). The van der Waals surface area contributed by atoms with E-state index in [-0.39, 0.29) is 24.0 Å². The summed E-state index contributed by atoms with van der Waals surface area (Å²) in [5.41, 5.74) is 13.1. The number of halogens is 1. The van der Waals surface area contributed by atoms with Gasteiger partial charge in [0, 0.05) is 17.5 Å². The molecule has 0 bridgehead atoms. The Labute approximate surface area is 168 Å². The number of rotatable bonds is 4. The molecule has 5 N–H and O–H groups in total. The largest absolute Gasteiger partial charge is 0.409 e. The first kappa shape index (κ1) is 18.3. The number of nitrogens with zero attached hydrogens (tertiary/aromatic N) is 3. The van der Waals surface area contributed by atoms with Crippen LogP contribution in [-0.2, 0) is 11.2 Å². The Morgan fingerprint density at radius 1 is 1.32 bits per heavy atom. The van der Waals surface area contributed by atoms with E-state index in [4.69, 9.17) is 28.3 Å². The maximum atomic E-state index is 13.4. The van der Waals surface area contributed by atoms with Gasteiger partial charge in [0.05, 0.1) is 10.9 Å². The van der Waals surface area contributed by atoms with E-state index in [1.807, 2.05) is 18.2 Å². The molecule has 10 heteroatoms. The number of amides is 2. The van der Waals surface area contributed by atoms with Crippen LogP contribution in [0.4, 0.5) is 5.69 Å². The van der Waals surface area contributed by atoms with Crippen molar-refractivity contribution >= 4 is 56.5 Å². The second-order valence-corrected chi connectivity index (χ2v) is 8.10. The average Bonchev–Trinajstić information content (AvgIpc) is 3.19. The number of primary amides is 1. The number of benzene rings is 1. The number of fused-ring (bicyclic) bond motifs is 2. The molecule has 2 aromatic heterocycles. The van der Waals surface area contributed by atoms with Gasteiger partial charge in [-0.25, -0.2) is 0 Å². The number of para-hydroxylation sites is 1. The van der Waals surface area contributed by atoms with E-state index in [1.165, 1.54) is 16.2 Å². The van der Waals surface area contributed by atoms with Crippen LogP contribution in [0.5, 0.6) is 0 Å². The Bertz CT molecular complexity index is 1140. The number of anilines is 1. The summed E-state index contributed by atoms with van der Waals surface area (Å²) in [6.07, 6.45) is 0.376. The van der Waals surface area contributed by atoms with Crippen LogP contribution in [0.1, 0.15) is 22.1 Å². The van der Waals surface area contributed by atoms with Gasteiger partial charge in [0.1, 0.15) is 16.6 Å². The molecule has 1 aliphatic rings. The fourth-order valence-corrected chi connectivity index (χ4v) is 4.85. The molecule has 1 aliphatic heterocycles. The van der Waals surface area contributed by atoms with E-state index >= 15 is 0 Å². The molecule has 0 radical (unpaired) electrons. The number of carbonyl (C=O) groups excluding carboxylic acids is 2. The number of thiophene rings is 1. The summed E-state index contributed by atoms with van der Waals surface area (Å²) in [6, 6.07) is 10.1. The van der Waals surface area contributed by atoms with E-state index in [0.717, 1.165) is 10.9 Å². The SMILES string of the molecule is NC(=O)c1cc2cc(Cl)sc2n1C1Cc2ccccc2N(C/C(N)=N/O)C1=O. The molecule has 2 amide bonds. The van der Waals surface area contributed by atoms with Crippen molar-refractivity contribution in [3.63, 3.8) is 0 Å². The smallest absolute Gasteiger partial charge is 0.265 e. The molecule has 0 saturated carbocycles. The predicted molar refractivity (Wildman–Crippen MR) is 108 cm³/mol. The molecule has 0 saturated heterocycles. The highest BCUT2D eigenvalue weighted by molar-refractivity contribution is 7.22. The van der Waals surface area contributed by atoms with Gasteiger partial charge in [-0.1, -0.05) is 35.0 Å². The van der Waals surface area contributed by atoms with Crippen molar-refractivity contribution in [1.82, 2.24) is 4.57 Å². The molecule has 1 atom stereocenters. The van der Waals surface area contributed by atoms with Crippen LogP contribution in [-0.4, -0.2) is 34.0 Å². The molecule has 0 fully saturated rings. The Morgan fingerprint density at radius 3 is 2.79 bits per heavy atom. The number of carbonyl (C=O) groups is 2. The molecular formula is C18H16ClN5O3S. The summed E-state index contributed by atoms with van der Waals surface area (Å²) in [4.78, 5) is 27.6. The van der Waals surface area contributed by atoms with Crippen LogP contribution in [0.25, 0.3) is 10.2 Å². The van der Waals surface area contributed by atoms with Gasteiger partial charge in [0.25, 0.3) is 11.8 Å². The van der Waals surface area contributed by atoms with E-state index in [9.17, 15) is 9.59 Å².